The quantitative estimate of drug-likeness (QED) is 0.777. The Morgan fingerprint density at radius 2 is 2.08 bits per heavy atom. The number of rotatable bonds is 3. The summed E-state index contributed by atoms with van der Waals surface area (Å²) >= 11 is 0. The molecule has 3 heterocycles. The lowest BCUT2D eigenvalue weighted by Crippen LogP contribution is -2.67. The van der Waals surface area contributed by atoms with Crippen LogP contribution in [0.3, 0.4) is 0 Å². The molecule has 0 radical (unpaired) electrons. The molecule has 1 aromatic heterocycles. The maximum atomic E-state index is 13.0. The summed E-state index contributed by atoms with van der Waals surface area (Å²) in [7, 11) is 2.02. The van der Waals surface area contributed by atoms with E-state index in [2.05, 4.69) is 16.5 Å². The van der Waals surface area contributed by atoms with Gasteiger partial charge in [-0.05, 0) is 32.0 Å². The molecule has 0 bridgehead atoms. The Hall–Kier alpha value is -2.21. The molecule has 0 N–H and O–H groups in total. The fourth-order valence-corrected chi connectivity index (χ4v) is 3.72. The number of hydrogen-bond acceptors (Lipinski definition) is 4. The van der Waals surface area contributed by atoms with Gasteiger partial charge in [0.2, 0.25) is 5.91 Å². The van der Waals surface area contributed by atoms with Gasteiger partial charge in [0.15, 0.2) is 0 Å². The summed E-state index contributed by atoms with van der Waals surface area (Å²) in [6, 6.07) is 3.55. The third-order valence-corrected chi connectivity index (χ3v) is 5.26. The lowest BCUT2D eigenvalue weighted by Gasteiger charge is -2.51. The fraction of sp³-hybridized carbons (Fsp3) is 0.500. The van der Waals surface area contributed by atoms with Gasteiger partial charge in [0.05, 0.1) is 5.56 Å². The van der Waals surface area contributed by atoms with Crippen LogP contribution in [0, 0.1) is 0 Å². The Kier molecular flexibility index (Phi) is 4.66. The highest BCUT2D eigenvalue weighted by molar-refractivity contribution is 5.94. The van der Waals surface area contributed by atoms with E-state index in [9.17, 15) is 9.59 Å². The summed E-state index contributed by atoms with van der Waals surface area (Å²) < 4.78 is 0. The molecule has 0 aliphatic carbocycles. The summed E-state index contributed by atoms with van der Waals surface area (Å²) in [6.45, 7) is 7.11. The summed E-state index contributed by atoms with van der Waals surface area (Å²) in [5.74, 6) is 0.163. The molecule has 6 nitrogen and oxygen atoms in total. The van der Waals surface area contributed by atoms with Crippen molar-refractivity contribution in [3.05, 3.63) is 42.7 Å². The van der Waals surface area contributed by atoms with Crippen molar-refractivity contribution in [2.24, 2.45) is 0 Å². The second-order valence-electron chi connectivity index (χ2n) is 6.53. The number of nitrogens with zero attached hydrogens (tertiary/aromatic N) is 4. The number of pyridine rings is 1. The molecular formula is C18H24N4O2. The first-order valence-corrected chi connectivity index (χ1v) is 8.39. The van der Waals surface area contributed by atoms with E-state index in [0.717, 1.165) is 13.1 Å². The molecule has 6 heteroatoms. The van der Waals surface area contributed by atoms with Crippen molar-refractivity contribution in [1.29, 1.82) is 0 Å². The normalized spacial score (nSPS) is 21.1. The third kappa shape index (κ3) is 2.82. The van der Waals surface area contributed by atoms with Gasteiger partial charge < -0.3 is 9.80 Å². The topological polar surface area (TPSA) is 56.8 Å². The number of likely N-dealkylation sites (N-methyl/N-ethyl adjacent to an activating group) is 1. The van der Waals surface area contributed by atoms with Gasteiger partial charge in [0, 0.05) is 45.1 Å². The summed E-state index contributed by atoms with van der Waals surface area (Å²) in [6.07, 6.45) is 6.37. The molecule has 0 aromatic carbocycles. The lowest BCUT2D eigenvalue weighted by atomic mass is 9.82. The maximum absolute atomic E-state index is 13.0. The molecule has 2 aliphatic rings. The Morgan fingerprint density at radius 3 is 2.71 bits per heavy atom. The zero-order valence-electron chi connectivity index (χ0n) is 14.1. The van der Waals surface area contributed by atoms with Crippen molar-refractivity contribution in [3.63, 3.8) is 0 Å². The van der Waals surface area contributed by atoms with Gasteiger partial charge in [0.25, 0.3) is 5.91 Å². The van der Waals surface area contributed by atoms with Crippen LogP contribution in [0.2, 0.25) is 0 Å². The van der Waals surface area contributed by atoms with Gasteiger partial charge in [-0.3, -0.25) is 19.5 Å². The second kappa shape index (κ2) is 6.73. The number of likely N-dealkylation sites (tertiary alicyclic amines) is 1. The standard InChI is InChI=1S/C18H24N4O2/c1-3-9-22-13-12-20(2)18(17(22)24)6-10-21(11-7-18)16(23)15-5-4-8-19-14-15/h3-5,8,14H,1,6-7,9-13H2,2H3. The zero-order valence-corrected chi connectivity index (χ0v) is 14.1. The number of hydrogen-bond donors (Lipinski definition) is 0. The van der Waals surface area contributed by atoms with Crippen LogP contribution < -0.4 is 0 Å². The largest absolute Gasteiger partial charge is 0.338 e. The van der Waals surface area contributed by atoms with E-state index in [1.807, 2.05) is 16.8 Å². The highest BCUT2D eigenvalue weighted by atomic mass is 16.2. The van der Waals surface area contributed by atoms with Gasteiger partial charge in [0.1, 0.15) is 5.54 Å². The lowest BCUT2D eigenvalue weighted by molar-refractivity contribution is -0.153. The van der Waals surface area contributed by atoms with Crippen molar-refractivity contribution < 1.29 is 9.59 Å². The number of piperazine rings is 1. The monoisotopic (exact) mass is 328 g/mol. The van der Waals surface area contributed by atoms with Crippen molar-refractivity contribution in [1.82, 2.24) is 19.7 Å². The number of piperidine rings is 1. The second-order valence-corrected chi connectivity index (χ2v) is 6.53. The highest BCUT2D eigenvalue weighted by Gasteiger charge is 2.49. The van der Waals surface area contributed by atoms with Crippen molar-refractivity contribution in [3.8, 4) is 0 Å². The summed E-state index contributed by atoms with van der Waals surface area (Å²) in [4.78, 5) is 35.4. The molecule has 3 rings (SSSR count). The number of amides is 2. The molecule has 2 aliphatic heterocycles. The van der Waals surface area contributed by atoms with Crippen LogP contribution in [0.1, 0.15) is 23.2 Å². The third-order valence-electron chi connectivity index (χ3n) is 5.26. The minimum Gasteiger partial charge on any atom is -0.338 e. The number of carbonyl (C=O) groups is 2. The van der Waals surface area contributed by atoms with E-state index < -0.39 is 5.54 Å². The molecule has 128 valence electrons. The first-order valence-electron chi connectivity index (χ1n) is 8.39. The predicted molar refractivity (Wildman–Crippen MR) is 91.5 cm³/mol. The van der Waals surface area contributed by atoms with E-state index in [1.165, 1.54) is 0 Å². The van der Waals surface area contributed by atoms with Gasteiger partial charge in [-0.1, -0.05) is 6.08 Å². The average Bonchev–Trinajstić information content (AvgIpc) is 2.63. The molecule has 2 saturated heterocycles. The van der Waals surface area contributed by atoms with Crippen LogP contribution in [-0.4, -0.2) is 76.8 Å². The Labute approximate surface area is 142 Å². The number of carbonyl (C=O) groups excluding carboxylic acids is 2. The Balaban J connectivity index is 1.72. The highest BCUT2D eigenvalue weighted by Crippen LogP contribution is 2.33. The van der Waals surface area contributed by atoms with E-state index in [1.54, 1.807) is 30.6 Å². The van der Waals surface area contributed by atoms with Crippen LogP contribution in [0.4, 0.5) is 0 Å². The van der Waals surface area contributed by atoms with E-state index >= 15 is 0 Å². The van der Waals surface area contributed by atoms with E-state index in [0.29, 0.717) is 38.0 Å². The minimum atomic E-state index is -0.479. The molecular weight excluding hydrogens is 304 g/mol. The van der Waals surface area contributed by atoms with Gasteiger partial charge in [-0.2, -0.15) is 0 Å². The smallest absolute Gasteiger partial charge is 0.255 e. The molecule has 0 atom stereocenters. The van der Waals surface area contributed by atoms with E-state index in [4.69, 9.17) is 0 Å². The molecule has 1 aromatic rings. The van der Waals surface area contributed by atoms with Crippen LogP contribution in [0.25, 0.3) is 0 Å². The molecule has 0 saturated carbocycles. The van der Waals surface area contributed by atoms with Crippen molar-refractivity contribution in [2.75, 3.05) is 39.8 Å². The predicted octanol–water partition coefficient (Wildman–Crippen LogP) is 1.02. The SMILES string of the molecule is C=CCN1CCN(C)C2(CCN(C(=O)c3cccnc3)CC2)C1=O. The fourth-order valence-electron chi connectivity index (χ4n) is 3.72. The van der Waals surface area contributed by atoms with Crippen LogP contribution in [0.15, 0.2) is 37.2 Å². The van der Waals surface area contributed by atoms with E-state index in [-0.39, 0.29) is 11.8 Å². The zero-order chi connectivity index (χ0) is 17.2. The van der Waals surface area contributed by atoms with Gasteiger partial charge >= 0.3 is 0 Å². The first-order chi connectivity index (χ1) is 11.6. The summed E-state index contributed by atoms with van der Waals surface area (Å²) in [5, 5.41) is 0. The average molecular weight is 328 g/mol. The van der Waals surface area contributed by atoms with Crippen LogP contribution in [0.5, 0.6) is 0 Å². The van der Waals surface area contributed by atoms with Gasteiger partial charge in [-0.15, -0.1) is 6.58 Å². The van der Waals surface area contributed by atoms with Crippen molar-refractivity contribution >= 4 is 11.8 Å². The minimum absolute atomic E-state index is 0.00758. The molecule has 2 fully saturated rings. The maximum Gasteiger partial charge on any atom is 0.255 e. The van der Waals surface area contributed by atoms with Crippen molar-refractivity contribution in [2.45, 2.75) is 18.4 Å². The van der Waals surface area contributed by atoms with Crippen LogP contribution >= 0.6 is 0 Å². The molecule has 0 unspecified atom stereocenters. The van der Waals surface area contributed by atoms with Gasteiger partial charge in [-0.25, -0.2) is 0 Å². The summed E-state index contributed by atoms with van der Waals surface area (Å²) in [5.41, 5.74) is 0.123. The first kappa shape index (κ1) is 16.6. The number of aromatic nitrogens is 1. The molecule has 24 heavy (non-hydrogen) atoms. The Bertz CT molecular complexity index is 623. The Morgan fingerprint density at radius 1 is 1.33 bits per heavy atom. The molecule has 2 amide bonds. The van der Waals surface area contributed by atoms with Crippen LogP contribution in [-0.2, 0) is 4.79 Å². The molecule has 1 spiro atoms.